The Morgan fingerprint density at radius 2 is 2.00 bits per heavy atom. The normalized spacial score (nSPS) is 18.9. The van der Waals surface area contributed by atoms with Gasteiger partial charge in [-0.3, -0.25) is 0 Å². The zero-order chi connectivity index (χ0) is 9.86. The number of ether oxygens (including phenoxy) is 1. The molecule has 0 unspecified atom stereocenters. The van der Waals surface area contributed by atoms with Crippen LogP contribution < -0.4 is 0 Å². The van der Waals surface area contributed by atoms with Crippen LogP contribution in [0.3, 0.4) is 0 Å². The molecule has 0 bridgehead atoms. The highest BCUT2D eigenvalue weighted by Gasteiger charge is 2.38. The molecular weight excluding hydrogens is 196 g/mol. The Morgan fingerprint density at radius 3 is 2.50 bits per heavy atom. The van der Waals surface area contributed by atoms with E-state index in [1.165, 1.54) is 0 Å². The minimum absolute atomic E-state index is 0.132. The SMILES string of the molecule is OCC1(OCc2ccccc2)CSC1. The van der Waals surface area contributed by atoms with E-state index in [4.69, 9.17) is 4.74 Å². The van der Waals surface area contributed by atoms with Crippen molar-refractivity contribution in [3.05, 3.63) is 35.9 Å². The van der Waals surface area contributed by atoms with Crippen molar-refractivity contribution in [2.45, 2.75) is 12.2 Å². The van der Waals surface area contributed by atoms with Gasteiger partial charge in [-0.1, -0.05) is 30.3 Å². The highest BCUT2D eigenvalue weighted by molar-refractivity contribution is 8.00. The van der Waals surface area contributed by atoms with Crippen molar-refractivity contribution in [3.63, 3.8) is 0 Å². The summed E-state index contributed by atoms with van der Waals surface area (Å²) in [6, 6.07) is 10.1. The third-order valence-electron chi connectivity index (χ3n) is 2.41. The first-order valence-electron chi connectivity index (χ1n) is 4.71. The van der Waals surface area contributed by atoms with Gasteiger partial charge in [0.15, 0.2) is 0 Å². The number of hydrogen-bond acceptors (Lipinski definition) is 3. The summed E-state index contributed by atoms with van der Waals surface area (Å²) in [7, 11) is 0. The first kappa shape index (κ1) is 10.0. The molecule has 0 saturated carbocycles. The summed E-state index contributed by atoms with van der Waals surface area (Å²) in [4.78, 5) is 0. The molecule has 0 aliphatic carbocycles. The van der Waals surface area contributed by atoms with Gasteiger partial charge >= 0.3 is 0 Å². The number of thioether (sulfide) groups is 1. The Balaban J connectivity index is 1.88. The predicted molar refractivity (Wildman–Crippen MR) is 58.4 cm³/mol. The molecule has 1 saturated heterocycles. The van der Waals surface area contributed by atoms with E-state index < -0.39 is 0 Å². The molecule has 2 nitrogen and oxygen atoms in total. The van der Waals surface area contributed by atoms with Crippen molar-refractivity contribution in [2.24, 2.45) is 0 Å². The van der Waals surface area contributed by atoms with Crippen molar-refractivity contribution in [1.82, 2.24) is 0 Å². The lowest BCUT2D eigenvalue weighted by atomic mass is 10.1. The fourth-order valence-corrected chi connectivity index (χ4v) is 2.37. The topological polar surface area (TPSA) is 29.5 Å². The van der Waals surface area contributed by atoms with E-state index in [-0.39, 0.29) is 12.2 Å². The van der Waals surface area contributed by atoms with Gasteiger partial charge in [-0.2, -0.15) is 11.8 Å². The van der Waals surface area contributed by atoms with Crippen molar-refractivity contribution < 1.29 is 9.84 Å². The number of rotatable bonds is 4. The third kappa shape index (κ3) is 2.11. The minimum Gasteiger partial charge on any atom is -0.393 e. The Hall–Kier alpha value is -0.510. The summed E-state index contributed by atoms with van der Waals surface area (Å²) in [5.74, 6) is 1.83. The van der Waals surface area contributed by atoms with Crippen LogP contribution in [0.5, 0.6) is 0 Å². The van der Waals surface area contributed by atoms with Gasteiger partial charge in [-0.15, -0.1) is 0 Å². The second-order valence-corrected chi connectivity index (χ2v) is 4.59. The summed E-state index contributed by atoms with van der Waals surface area (Å²) >= 11 is 1.82. The Bertz CT molecular complexity index is 277. The first-order chi connectivity index (χ1) is 6.85. The largest absolute Gasteiger partial charge is 0.393 e. The molecule has 0 spiro atoms. The molecule has 0 atom stereocenters. The second-order valence-electron chi connectivity index (χ2n) is 3.61. The molecule has 1 aliphatic heterocycles. The molecule has 0 radical (unpaired) electrons. The van der Waals surface area contributed by atoms with Crippen LogP contribution in [-0.4, -0.2) is 28.8 Å². The summed E-state index contributed by atoms with van der Waals surface area (Å²) in [5, 5.41) is 9.18. The quantitative estimate of drug-likeness (QED) is 0.820. The number of aliphatic hydroxyl groups is 1. The fraction of sp³-hybridized carbons (Fsp3) is 0.455. The molecule has 1 fully saturated rings. The van der Waals surface area contributed by atoms with E-state index in [1.807, 2.05) is 42.1 Å². The Morgan fingerprint density at radius 1 is 1.29 bits per heavy atom. The number of hydrogen-bond donors (Lipinski definition) is 1. The van der Waals surface area contributed by atoms with Crippen LogP contribution >= 0.6 is 11.8 Å². The van der Waals surface area contributed by atoms with Gasteiger partial charge in [0.25, 0.3) is 0 Å². The molecule has 0 amide bonds. The summed E-state index contributed by atoms with van der Waals surface area (Å²) in [6.07, 6.45) is 0. The molecule has 1 N–H and O–H groups in total. The lowest BCUT2D eigenvalue weighted by Gasteiger charge is -2.39. The maximum Gasteiger partial charge on any atom is 0.110 e. The summed E-state index contributed by atoms with van der Waals surface area (Å²) in [5.41, 5.74) is 0.901. The summed E-state index contributed by atoms with van der Waals surface area (Å²) in [6.45, 7) is 0.731. The molecule has 0 aromatic heterocycles. The number of aliphatic hydroxyl groups excluding tert-OH is 1. The average Bonchev–Trinajstić information content (AvgIpc) is 2.19. The van der Waals surface area contributed by atoms with Crippen LogP contribution in [-0.2, 0) is 11.3 Å². The van der Waals surface area contributed by atoms with E-state index in [9.17, 15) is 5.11 Å². The van der Waals surface area contributed by atoms with Crippen LogP contribution in [0.15, 0.2) is 30.3 Å². The van der Waals surface area contributed by atoms with E-state index in [1.54, 1.807) is 0 Å². The fourth-order valence-electron chi connectivity index (χ4n) is 1.36. The van der Waals surface area contributed by atoms with E-state index in [0.717, 1.165) is 17.1 Å². The lowest BCUT2D eigenvalue weighted by Crippen LogP contribution is -2.49. The van der Waals surface area contributed by atoms with Crippen molar-refractivity contribution in [1.29, 1.82) is 0 Å². The maximum atomic E-state index is 9.18. The van der Waals surface area contributed by atoms with Crippen LogP contribution in [0.25, 0.3) is 0 Å². The van der Waals surface area contributed by atoms with Crippen molar-refractivity contribution >= 4 is 11.8 Å². The predicted octanol–water partition coefficient (Wildman–Crippen LogP) is 1.68. The highest BCUT2D eigenvalue weighted by atomic mass is 32.2. The molecule has 2 rings (SSSR count). The van der Waals surface area contributed by atoms with E-state index in [2.05, 4.69) is 0 Å². The maximum absolute atomic E-state index is 9.18. The minimum atomic E-state index is -0.263. The van der Waals surface area contributed by atoms with Gasteiger partial charge in [0, 0.05) is 11.5 Å². The Kier molecular flexibility index (Phi) is 3.11. The number of benzene rings is 1. The van der Waals surface area contributed by atoms with Crippen LogP contribution in [0.4, 0.5) is 0 Å². The van der Waals surface area contributed by atoms with Crippen molar-refractivity contribution in [2.75, 3.05) is 18.1 Å². The van der Waals surface area contributed by atoms with Gasteiger partial charge < -0.3 is 9.84 Å². The molecule has 1 aliphatic rings. The lowest BCUT2D eigenvalue weighted by molar-refractivity contribution is -0.0640. The van der Waals surface area contributed by atoms with Gasteiger partial charge in [0.2, 0.25) is 0 Å². The first-order valence-corrected chi connectivity index (χ1v) is 5.87. The average molecular weight is 210 g/mol. The molecule has 1 heterocycles. The van der Waals surface area contributed by atoms with E-state index in [0.29, 0.717) is 6.61 Å². The zero-order valence-electron chi connectivity index (χ0n) is 7.98. The van der Waals surface area contributed by atoms with E-state index >= 15 is 0 Å². The molecule has 76 valence electrons. The van der Waals surface area contributed by atoms with Crippen LogP contribution in [0.1, 0.15) is 5.56 Å². The van der Waals surface area contributed by atoms with Crippen LogP contribution in [0.2, 0.25) is 0 Å². The Labute approximate surface area is 88.3 Å². The highest BCUT2D eigenvalue weighted by Crippen LogP contribution is 2.33. The molecular formula is C11H14O2S. The van der Waals surface area contributed by atoms with Gasteiger partial charge in [0.05, 0.1) is 13.2 Å². The molecule has 1 aromatic carbocycles. The third-order valence-corrected chi connectivity index (χ3v) is 3.87. The molecule has 1 aromatic rings. The smallest absolute Gasteiger partial charge is 0.110 e. The molecule has 3 heteroatoms. The second kappa shape index (κ2) is 4.34. The van der Waals surface area contributed by atoms with Gasteiger partial charge in [0.1, 0.15) is 5.60 Å². The standard InChI is InChI=1S/C11H14O2S/c12-7-11(8-14-9-11)13-6-10-4-2-1-3-5-10/h1-5,12H,6-9H2. The summed E-state index contributed by atoms with van der Waals surface area (Å²) < 4.78 is 5.73. The monoisotopic (exact) mass is 210 g/mol. The molecule has 14 heavy (non-hydrogen) atoms. The van der Waals surface area contributed by atoms with Gasteiger partial charge in [-0.05, 0) is 5.56 Å². The van der Waals surface area contributed by atoms with Gasteiger partial charge in [-0.25, -0.2) is 0 Å². The van der Waals surface area contributed by atoms with Crippen molar-refractivity contribution in [3.8, 4) is 0 Å². The van der Waals surface area contributed by atoms with Crippen LogP contribution in [0, 0.1) is 0 Å². The zero-order valence-corrected chi connectivity index (χ0v) is 8.80.